The number of rotatable bonds is 6. The Bertz CT molecular complexity index is 873. The number of fused-ring (bicyclic) bond motifs is 1. The molecule has 5 rings (SSSR count). The fourth-order valence-electron chi connectivity index (χ4n) is 5.47. The summed E-state index contributed by atoms with van der Waals surface area (Å²) in [6.07, 6.45) is 5.50. The van der Waals surface area contributed by atoms with Crippen LogP contribution in [-0.2, 0) is 9.59 Å². The third-order valence-corrected chi connectivity index (χ3v) is 8.50. The SMILES string of the molecule is O=C(NCCN1CCCCC1)C1CCCN(C2NC(=O)C3SC=C(c4ccccc4)C3N2)C1. The van der Waals surface area contributed by atoms with E-state index in [1.165, 1.54) is 24.8 Å². The van der Waals surface area contributed by atoms with Gasteiger partial charge in [0.15, 0.2) is 0 Å². The molecule has 0 radical (unpaired) electrons. The normalized spacial score (nSPS) is 30.9. The van der Waals surface area contributed by atoms with E-state index in [2.05, 4.69) is 43.3 Å². The van der Waals surface area contributed by atoms with Gasteiger partial charge in [0.2, 0.25) is 11.8 Å². The van der Waals surface area contributed by atoms with E-state index in [9.17, 15) is 9.59 Å². The highest BCUT2D eigenvalue weighted by Crippen LogP contribution is 2.38. The van der Waals surface area contributed by atoms with Crippen molar-refractivity contribution in [1.29, 1.82) is 0 Å². The van der Waals surface area contributed by atoms with Gasteiger partial charge in [-0.15, -0.1) is 11.8 Å². The summed E-state index contributed by atoms with van der Waals surface area (Å²) >= 11 is 1.59. The number of amides is 2. The Labute approximate surface area is 200 Å². The van der Waals surface area contributed by atoms with Crippen molar-refractivity contribution in [1.82, 2.24) is 25.8 Å². The number of carbonyl (C=O) groups excluding carboxylic acids is 2. The predicted octanol–water partition coefficient (Wildman–Crippen LogP) is 1.83. The van der Waals surface area contributed by atoms with Crippen molar-refractivity contribution >= 4 is 29.1 Å². The summed E-state index contributed by atoms with van der Waals surface area (Å²) in [5.41, 5.74) is 2.33. The van der Waals surface area contributed by atoms with Crippen LogP contribution >= 0.6 is 11.8 Å². The van der Waals surface area contributed by atoms with Gasteiger partial charge in [-0.25, -0.2) is 0 Å². The predicted molar refractivity (Wildman–Crippen MR) is 132 cm³/mol. The number of likely N-dealkylation sites (tertiary alicyclic amines) is 2. The van der Waals surface area contributed by atoms with Crippen LogP contribution in [0, 0.1) is 5.92 Å². The molecule has 2 amide bonds. The maximum absolute atomic E-state index is 12.9. The van der Waals surface area contributed by atoms with Crippen molar-refractivity contribution in [3.63, 3.8) is 0 Å². The summed E-state index contributed by atoms with van der Waals surface area (Å²) in [6.45, 7) is 5.52. The lowest BCUT2D eigenvalue weighted by Gasteiger charge is -2.43. The van der Waals surface area contributed by atoms with Crippen molar-refractivity contribution in [3.05, 3.63) is 41.3 Å². The number of hydrogen-bond donors (Lipinski definition) is 3. The molecule has 0 aromatic heterocycles. The zero-order valence-electron chi connectivity index (χ0n) is 19.2. The van der Waals surface area contributed by atoms with Gasteiger partial charge in [0.25, 0.3) is 0 Å². The van der Waals surface area contributed by atoms with Crippen molar-refractivity contribution < 1.29 is 9.59 Å². The van der Waals surface area contributed by atoms with E-state index < -0.39 is 0 Å². The van der Waals surface area contributed by atoms with Crippen molar-refractivity contribution in [2.75, 3.05) is 39.3 Å². The molecule has 0 bridgehead atoms. The first-order valence-electron chi connectivity index (χ1n) is 12.4. The fraction of sp³-hybridized carbons (Fsp3) is 0.600. The Kier molecular flexibility index (Phi) is 7.35. The number of hydrogen-bond acceptors (Lipinski definition) is 6. The molecule has 3 N–H and O–H groups in total. The fourth-order valence-corrected chi connectivity index (χ4v) is 6.62. The molecule has 1 aromatic rings. The quantitative estimate of drug-likeness (QED) is 0.590. The van der Waals surface area contributed by atoms with E-state index in [0.29, 0.717) is 6.54 Å². The molecule has 0 saturated carbocycles. The van der Waals surface area contributed by atoms with Crippen LogP contribution in [0.5, 0.6) is 0 Å². The lowest BCUT2D eigenvalue weighted by molar-refractivity contribution is -0.129. The van der Waals surface area contributed by atoms with Crippen LogP contribution in [0.4, 0.5) is 0 Å². The number of carbonyl (C=O) groups is 2. The minimum Gasteiger partial charge on any atom is -0.355 e. The molecule has 0 aliphatic carbocycles. The molecule has 3 saturated heterocycles. The summed E-state index contributed by atoms with van der Waals surface area (Å²) in [5.74, 6) is 0.195. The van der Waals surface area contributed by atoms with Crippen LogP contribution < -0.4 is 16.0 Å². The zero-order valence-corrected chi connectivity index (χ0v) is 20.0. The Morgan fingerprint density at radius 1 is 1.09 bits per heavy atom. The average molecular weight is 470 g/mol. The number of thioether (sulfide) groups is 1. The first kappa shape index (κ1) is 22.9. The van der Waals surface area contributed by atoms with E-state index >= 15 is 0 Å². The Morgan fingerprint density at radius 3 is 2.73 bits per heavy atom. The van der Waals surface area contributed by atoms with Crippen LogP contribution in [0.1, 0.15) is 37.7 Å². The third kappa shape index (κ3) is 5.29. The summed E-state index contributed by atoms with van der Waals surface area (Å²) in [4.78, 5) is 30.5. The van der Waals surface area contributed by atoms with Crippen LogP contribution in [0.3, 0.4) is 0 Å². The van der Waals surface area contributed by atoms with Crippen LogP contribution in [0.25, 0.3) is 5.57 Å². The first-order chi connectivity index (χ1) is 16.2. The average Bonchev–Trinajstić information content (AvgIpc) is 3.30. The minimum atomic E-state index is -0.242. The van der Waals surface area contributed by atoms with Gasteiger partial charge in [-0.1, -0.05) is 36.8 Å². The maximum Gasteiger partial charge on any atom is 0.237 e. The highest BCUT2D eigenvalue weighted by Gasteiger charge is 2.44. The van der Waals surface area contributed by atoms with Gasteiger partial charge < -0.3 is 15.5 Å². The van der Waals surface area contributed by atoms with Gasteiger partial charge in [-0.3, -0.25) is 19.8 Å². The van der Waals surface area contributed by atoms with E-state index in [4.69, 9.17) is 0 Å². The summed E-state index contributed by atoms with van der Waals surface area (Å²) in [7, 11) is 0. The molecule has 4 unspecified atom stereocenters. The van der Waals surface area contributed by atoms with Gasteiger partial charge in [0.05, 0.1) is 12.0 Å². The van der Waals surface area contributed by atoms with Crippen molar-refractivity contribution in [2.24, 2.45) is 5.92 Å². The second-order valence-electron chi connectivity index (χ2n) is 9.58. The smallest absolute Gasteiger partial charge is 0.237 e. The van der Waals surface area contributed by atoms with Crippen LogP contribution in [0.2, 0.25) is 0 Å². The van der Waals surface area contributed by atoms with Gasteiger partial charge in [-0.2, -0.15) is 0 Å². The summed E-state index contributed by atoms with van der Waals surface area (Å²) < 4.78 is 0. The number of nitrogens with zero attached hydrogens (tertiary/aromatic N) is 2. The molecule has 4 aliphatic rings. The highest BCUT2D eigenvalue weighted by atomic mass is 32.2. The van der Waals surface area contributed by atoms with Gasteiger partial charge in [-0.05, 0) is 55.3 Å². The van der Waals surface area contributed by atoms with E-state index in [-0.39, 0.29) is 35.3 Å². The maximum atomic E-state index is 12.9. The second-order valence-corrected chi connectivity index (χ2v) is 10.6. The molecular formula is C25H35N5O2S. The monoisotopic (exact) mass is 469 g/mol. The minimum absolute atomic E-state index is 0.0186. The summed E-state index contributed by atoms with van der Waals surface area (Å²) in [6, 6.07) is 10.3. The number of piperidine rings is 2. The Balaban J connectivity index is 1.16. The summed E-state index contributed by atoms with van der Waals surface area (Å²) in [5, 5.41) is 12.0. The molecule has 33 heavy (non-hydrogen) atoms. The first-order valence-corrected chi connectivity index (χ1v) is 13.3. The molecule has 7 nitrogen and oxygen atoms in total. The Morgan fingerprint density at radius 2 is 1.91 bits per heavy atom. The molecule has 3 fully saturated rings. The van der Waals surface area contributed by atoms with Crippen LogP contribution in [-0.4, -0.2) is 78.5 Å². The highest BCUT2D eigenvalue weighted by molar-refractivity contribution is 8.04. The van der Waals surface area contributed by atoms with E-state index in [1.54, 1.807) is 11.8 Å². The molecule has 4 aliphatic heterocycles. The standard InChI is InChI=1S/C25H35N5O2S/c31-23(26-11-15-29-12-5-2-6-13-29)19-10-7-14-30(16-19)25-27-21-20(18-8-3-1-4-9-18)17-33-22(21)24(32)28-25/h1,3-4,8-9,17,19,21-22,25,27H,2,5-7,10-16H2,(H,26,31)(H,28,32). The Hall–Kier alpha value is -1.87. The third-order valence-electron chi connectivity index (χ3n) is 7.33. The lowest BCUT2D eigenvalue weighted by atomic mass is 9.94. The topological polar surface area (TPSA) is 76.7 Å². The lowest BCUT2D eigenvalue weighted by Crippen LogP contribution is -2.69. The zero-order chi connectivity index (χ0) is 22.6. The molecule has 4 atom stereocenters. The van der Waals surface area contributed by atoms with Gasteiger partial charge in [0.1, 0.15) is 11.5 Å². The second kappa shape index (κ2) is 10.6. The van der Waals surface area contributed by atoms with Crippen LogP contribution in [0.15, 0.2) is 35.7 Å². The molecule has 178 valence electrons. The van der Waals surface area contributed by atoms with Crippen molar-refractivity contribution in [2.45, 2.75) is 49.7 Å². The van der Waals surface area contributed by atoms with Crippen molar-refractivity contribution in [3.8, 4) is 0 Å². The molecular weight excluding hydrogens is 434 g/mol. The van der Waals surface area contributed by atoms with Gasteiger partial charge in [0, 0.05) is 26.2 Å². The molecule has 1 aromatic carbocycles. The molecule has 8 heteroatoms. The number of benzene rings is 1. The van der Waals surface area contributed by atoms with Gasteiger partial charge >= 0.3 is 0 Å². The largest absolute Gasteiger partial charge is 0.355 e. The van der Waals surface area contributed by atoms with E-state index in [1.807, 2.05) is 18.2 Å². The molecule has 4 heterocycles. The number of nitrogens with one attached hydrogen (secondary N) is 3. The van der Waals surface area contributed by atoms with E-state index in [0.717, 1.165) is 51.1 Å². The molecule has 0 spiro atoms.